The van der Waals surface area contributed by atoms with Gasteiger partial charge in [-0.15, -0.1) is 23.1 Å². The molecule has 3 heterocycles. The lowest BCUT2D eigenvalue weighted by Crippen LogP contribution is -2.31. The Morgan fingerprint density at radius 3 is 2.72 bits per heavy atom. The molecule has 0 radical (unpaired) electrons. The highest BCUT2D eigenvalue weighted by Gasteiger charge is 2.35. The first kappa shape index (κ1) is 21.1. The number of aromatic amines is 1. The lowest BCUT2D eigenvalue weighted by molar-refractivity contribution is 0.0726. The molecule has 5 nitrogen and oxygen atoms in total. The molecule has 1 atom stereocenters. The maximum absolute atomic E-state index is 13.8. The molecule has 5 rings (SSSR count). The van der Waals surface area contributed by atoms with Crippen molar-refractivity contribution in [2.24, 2.45) is 0 Å². The summed E-state index contributed by atoms with van der Waals surface area (Å²) in [5, 5.41) is 0.664. The Kier molecular flexibility index (Phi) is 5.46. The molecule has 2 aromatic heterocycles. The molecule has 1 aliphatic rings. The number of rotatable bonds is 4. The minimum absolute atomic E-state index is 0.202. The number of fused-ring (bicyclic) bond motifs is 1. The number of amides is 1. The molecule has 1 N–H and O–H groups in total. The molecule has 1 unspecified atom stereocenters. The quantitative estimate of drug-likeness (QED) is 0.373. The number of carbonyl (C=O) groups is 1. The van der Waals surface area contributed by atoms with Crippen LogP contribution in [-0.4, -0.2) is 38.6 Å². The number of aromatic nitrogens is 3. The van der Waals surface area contributed by atoms with Crippen LogP contribution < -0.4 is 0 Å². The summed E-state index contributed by atoms with van der Waals surface area (Å²) >= 11 is 2.92. The van der Waals surface area contributed by atoms with E-state index in [1.54, 1.807) is 23.6 Å². The van der Waals surface area contributed by atoms with Crippen molar-refractivity contribution >= 4 is 40.0 Å². The molecule has 4 aromatic rings. The zero-order chi connectivity index (χ0) is 22.4. The molecular formula is C23H20F2N4OS2. The fourth-order valence-electron chi connectivity index (χ4n) is 4.18. The van der Waals surface area contributed by atoms with E-state index in [9.17, 15) is 13.6 Å². The van der Waals surface area contributed by atoms with Crippen molar-refractivity contribution in [3.8, 4) is 10.4 Å². The molecule has 0 saturated carbocycles. The van der Waals surface area contributed by atoms with E-state index < -0.39 is 11.6 Å². The van der Waals surface area contributed by atoms with Crippen LogP contribution in [-0.2, 0) is 0 Å². The standard InChI is InChI=1S/C23H20F2N4OS2/c1-12-26-20(21(32-12)13-8-14(24)10-15(25)9-13)23(30)29-7-3-4-19(29)22-27-17-6-5-16(31-2)11-18(17)28-22/h5-6,8-11,19H,3-4,7H2,1-2H3,(H,27,28). The van der Waals surface area contributed by atoms with Crippen LogP contribution in [0.3, 0.4) is 0 Å². The topological polar surface area (TPSA) is 61.9 Å². The van der Waals surface area contributed by atoms with Crippen molar-refractivity contribution in [1.82, 2.24) is 19.9 Å². The van der Waals surface area contributed by atoms with Gasteiger partial charge < -0.3 is 9.88 Å². The number of imidazole rings is 1. The minimum atomic E-state index is -0.685. The summed E-state index contributed by atoms with van der Waals surface area (Å²) in [4.78, 5) is 29.5. The summed E-state index contributed by atoms with van der Waals surface area (Å²) in [6, 6.07) is 9.14. The zero-order valence-corrected chi connectivity index (χ0v) is 19.1. The third-order valence-corrected chi connectivity index (χ3v) is 7.34. The molecule has 164 valence electrons. The van der Waals surface area contributed by atoms with Gasteiger partial charge in [-0.2, -0.15) is 0 Å². The Labute approximate surface area is 191 Å². The van der Waals surface area contributed by atoms with Crippen molar-refractivity contribution in [2.75, 3.05) is 12.8 Å². The maximum atomic E-state index is 13.8. The average molecular weight is 471 g/mol. The summed E-state index contributed by atoms with van der Waals surface area (Å²) in [5.41, 5.74) is 2.34. The molecule has 0 aliphatic carbocycles. The van der Waals surface area contributed by atoms with Crippen LogP contribution in [0.2, 0.25) is 0 Å². The van der Waals surface area contributed by atoms with Crippen molar-refractivity contribution in [2.45, 2.75) is 30.7 Å². The lowest BCUT2D eigenvalue weighted by Gasteiger charge is -2.22. The number of nitrogens with zero attached hydrogens (tertiary/aromatic N) is 3. The zero-order valence-electron chi connectivity index (χ0n) is 17.5. The summed E-state index contributed by atoms with van der Waals surface area (Å²) < 4.78 is 27.7. The maximum Gasteiger partial charge on any atom is 0.274 e. The molecule has 0 bridgehead atoms. The Bertz CT molecular complexity index is 1310. The average Bonchev–Trinajstić information content (AvgIpc) is 3.49. The minimum Gasteiger partial charge on any atom is -0.340 e. The van der Waals surface area contributed by atoms with Crippen molar-refractivity contribution in [3.63, 3.8) is 0 Å². The summed E-state index contributed by atoms with van der Waals surface area (Å²) in [7, 11) is 0. The normalized spacial score (nSPS) is 16.2. The molecule has 1 fully saturated rings. The number of thioether (sulfide) groups is 1. The number of thiazole rings is 1. The van der Waals surface area contributed by atoms with E-state index in [0.29, 0.717) is 22.0 Å². The van der Waals surface area contributed by atoms with Crippen LogP contribution in [0.5, 0.6) is 0 Å². The predicted octanol–water partition coefficient (Wildman–Crippen LogP) is 5.97. The lowest BCUT2D eigenvalue weighted by atomic mass is 10.1. The third kappa shape index (κ3) is 3.80. The van der Waals surface area contributed by atoms with Crippen molar-refractivity contribution < 1.29 is 13.6 Å². The molecule has 1 aliphatic heterocycles. The van der Waals surface area contributed by atoms with Gasteiger partial charge in [-0.1, -0.05) is 0 Å². The number of nitrogens with one attached hydrogen (secondary N) is 1. The van der Waals surface area contributed by atoms with Crippen molar-refractivity contribution in [1.29, 1.82) is 0 Å². The number of hydrogen-bond donors (Lipinski definition) is 1. The van der Waals surface area contributed by atoms with Crippen LogP contribution in [0.1, 0.15) is 40.2 Å². The largest absolute Gasteiger partial charge is 0.340 e. The van der Waals surface area contributed by atoms with Gasteiger partial charge in [-0.05, 0) is 61.9 Å². The number of halogens is 2. The van der Waals surface area contributed by atoms with Gasteiger partial charge >= 0.3 is 0 Å². The second kappa shape index (κ2) is 8.29. The van der Waals surface area contributed by atoms with E-state index in [1.165, 1.54) is 23.5 Å². The van der Waals surface area contributed by atoms with E-state index in [-0.39, 0.29) is 17.6 Å². The van der Waals surface area contributed by atoms with E-state index >= 15 is 0 Å². The van der Waals surface area contributed by atoms with Gasteiger partial charge in [0.1, 0.15) is 23.2 Å². The second-order valence-corrected chi connectivity index (χ2v) is 9.81. The van der Waals surface area contributed by atoms with Gasteiger partial charge in [0.25, 0.3) is 5.91 Å². The van der Waals surface area contributed by atoms with Crippen LogP contribution in [0.25, 0.3) is 21.5 Å². The SMILES string of the molecule is CSc1ccc2nc(C3CCCN3C(=O)c3nc(C)sc3-c3cc(F)cc(F)c3)[nH]c2c1. The second-order valence-electron chi connectivity index (χ2n) is 7.73. The van der Waals surface area contributed by atoms with E-state index in [4.69, 9.17) is 4.98 Å². The van der Waals surface area contributed by atoms with Gasteiger partial charge in [0.05, 0.1) is 27.0 Å². The Morgan fingerprint density at radius 1 is 1.19 bits per heavy atom. The molecule has 32 heavy (non-hydrogen) atoms. The van der Waals surface area contributed by atoms with E-state index in [0.717, 1.165) is 40.7 Å². The molecule has 1 amide bonds. The molecule has 0 spiro atoms. The number of hydrogen-bond acceptors (Lipinski definition) is 5. The fourth-order valence-corrected chi connectivity index (χ4v) is 5.51. The highest BCUT2D eigenvalue weighted by atomic mass is 32.2. The van der Waals surface area contributed by atoms with Gasteiger partial charge in [-0.25, -0.2) is 18.7 Å². The number of H-pyrrole nitrogens is 1. The summed E-state index contributed by atoms with van der Waals surface area (Å²) in [6.45, 7) is 2.36. The Morgan fingerprint density at radius 2 is 1.97 bits per heavy atom. The highest BCUT2D eigenvalue weighted by Crippen LogP contribution is 2.37. The molecule has 2 aromatic carbocycles. The Hall–Kier alpha value is -2.78. The first-order valence-electron chi connectivity index (χ1n) is 10.2. The van der Waals surface area contributed by atoms with Crippen LogP contribution in [0.15, 0.2) is 41.3 Å². The van der Waals surface area contributed by atoms with Crippen LogP contribution in [0.4, 0.5) is 8.78 Å². The number of aryl methyl sites for hydroxylation is 1. The fraction of sp³-hybridized carbons (Fsp3) is 0.261. The number of carbonyl (C=O) groups excluding carboxylic acids is 1. The van der Waals surface area contributed by atoms with Crippen molar-refractivity contribution in [3.05, 3.63) is 64.6 Å². The molecular weight excluding hydrogens is 450 g/mol. The summed E-state index contributed by atoms with van der Waals surface area (Å²) in [5.74, 6) is -0.873. The van der Waals surface area contributed by atoms with Gasteiger partial charge in [0, 0.05) is 17.5 Å². The third-order valence-electron chi connectivity index (χ3n) is 5.60. The van der Waals surface area contributed by atoms with E-state index in [1.807, 2.05) is 18.4 Å². The Balaban J connectivity index is 1.51. The number of benzene rings is 2. The highest BCUT2D eigenvalue weighted by molar-refractivity contribution is 7.98. The molecule has 9 heteroatoms. The molecule has 1 saturated heterocycles. The van der Waals surface area contributed by atoms with Gasteiger partial charge in [-0.3, -0.25) is 4.79 Å². The van der Waals surface area contributed by atoms with Crippen LogP contribution in [0, 0.1) is 18.6 Å². The first-order valence-corrected chi connectivity index (χ1v) is 12.3. The smallest absolute Gasteiger partial charge is 0.274 e. The van der Waals surface area contributed by atoms with E-state index in [2.05, 4.69) is 16.0 Å². The first-order chi connectivity index (χ1) is 15.4. The predicted molar refractivity (Wildman–Crippen MR) is 123 cm³/mol. The van der Waals surface area contributed by atoms with Gasteiger partial charge in [0.15, 0.2) is 0 Å². The van der Waals surface area contributed by atoms with Crippen LogP contribution >= 0.6 is 23.1 Å². The monoisotopic (exact) mass is 470 g/mol. The van der Waals surface area contributed by atoms with Gasteiger partial charge in [0.2, 0.25) is 0 Å². The number of likely N-dealkylation sites (tertiary alicyclic amines) is 1. The summed E-state index contributed by atoms with van der Waals surface area (Å²) in [6.07, 6.45) is 3.65.